The van der Waals surface area contributed by atoms with Crippen LogP contribution in [-0.2, 0) is 27.5 Å². The molecule has 0 unspecified atom stereocenters. The summed E-state index contributed by atoms with van der Waals surface area (Å²) < 4.78 is 12.2. The molecular formula is C24H19Cl2NO3. The Morgan fingerprint density at radius 2 is 1.47 bits per heavy atom. The lowest BCUT2D eigenvalue weighted by atomic mass is 9.94. The van der Waals surface area contributed by atoms with E-state index >= 15 is 0 Å². The van der Waals surface area contributed by atoms with Crippen LogP contribution in [0.4, 0.5) is 5.69 Å². The van der Waals surface area contributed by atoms with Crippen LogP contribution in [0.5, 0.6) is 0 Å². The summed E-state index contributed by atoms with van der Waals surface area (Å²) >= 11 is 12.7. The molecule has 152 valence electrons. The van der Waals surface area contributed by atoms with E-state index in [2.05, 4.69) is 5.32 Å². The molecular weight excluding hydrogens is 421 g/mol. The van der Waals surface area contributed by atoms with Crippen LogP contribution in [0.1, 0.15) is 22.8 Å². The number of ether oxygens (including phenoxy) is 2. The Morgan fingerprint density at radius 1 is 0.867 bits per heavy atom. The number of rotatable bonds is 6. The van der Waals surface area contributed by atoms with Crippen LogP contribution in [-0.4, -0.2) is 12.2 Å². The minimum absolute atomic E-state index is 0.304. The van der Waals surface area contributed by atoms with Crippen molar-refractivity contribution in [1.82, 2.24) is 0 Å². The summed E-state index contributed by atoms with van der Waals surface area (Å²) in [7, 11) is 0. The molecule has 30 heavy (non-hydrogen) atoms. The average molecular weight is 440 g/mol. The Labute approximate surface area is 185 Å². The van der Waals surface area contributed by atoms with Gasteiger partial charge < -0.3 is 14.8 Å². The Balaban J connectivity index is 1.64. The summed E-state index contributed by atoms with van der Waals surface area (Å²) in [5.74, 6) is 2.02. The topological polar surface area (TPSA) is 47.6 Å². The summed E-state index contributed by atoms with van der Waals surface area (Å²) in [6.07, 6.45) is -1.42. The molecule has 0 bridgehead atoms. The fraction of sp³-hybridized carbons (Fsp3) is 0.167. The number of nitrogens with one attached hydrogen (secondary N) is 1. The van der Waals surface area contributed by atoms with Crippen LogP contribution in [0, 0.1) is 0 Å². The number of benzene rings is 3. The minimum Gasteiger partial charge on any atom is -0.363 e. The highest BCUT2D eigenvalue weighted by atomic mass is 35.5. The Bertz CT molecular complexity index is 1070. The third-order valence-electron chi connectivity index (χ3n) is 4.84. The zero-order chi connectivity index (χ0) is 20.9. The molecule has 3 aromatic carbocycles. The summed E-state index contributed by atoms with van der Waals surface area (Å²) in [4.78, 5) is 12.0. The fourth-order valence-electron chi connectivity index (χ4n) is 3.40. The van der Waals surface area contributed by atoms with Crippen molar-refractivity contribution in [1.29, 1.82) is 0 Å². The number of hydrogen-bond acceptors (Lipinski definition) is 4. The van der Waals surface area contributed by atoms with Crippen molar-refractivity contribution in [3.8, 4) is 0 Å². The molecule has 4 nitrogen and oxygen atoms in total. The van der Waals surface area contributed by atoms with E-state index in [1.807, 2.05) is 66.6 Å². The first-order chi connectivity index (χ1) is 14.7. The lowest BCUT2D eigenvalue weighted by Crippen LogP contribution is -2.35. The molecule has 0 aromatic heterocycles. The SMILES string of the molecule is O=C=C1[C@H](OCc2ccccc2)Nc2cc(Cl)cc(Cl)c2[C@H]1OCc1ccccc1. The van der Waals surface area contributed by atoms with Gasteiger partial charge in [-0.3, -0.25) is 0 Å². The normalized spacial score (nSPS) is 17.7. The zero-order valence-corrected chi connectivity index (χ0v) is 17.5. The molecule has 1 aliphatic rings. The molecule has 4 rings (SSSR count). The van der Waals surface area contributed by atoms with Gasteiger partial charge in [0, 0.05) is 16.3 Å². The number of carbonyl (C=O) groups excluding carboxylic acids is 1. The molecule has 1 aliphatic heterocycles. The van der Waals surface area contributed by atoms with Crippen LogP contribution in [0.3, 0.4) is 0 Å². The molecule has 1 N–H and O–H groups in total. The Hall–Kier alpha value is -2.59. The van der Waals surface area contributed by atoms with Crippen molar-refractivity contribution >= 4 is 34.8 Å². The molecule has 0 saturated heterocycles. The van der Waals surface area contributed by atoms with Gasteiger partial charge >= 0.3 is 0 Å². The van der Waals surface area contributed by atoms with Crippen LogP contribution in [0.15, 0.2) is 78.4 Å². The maximum Gasteiger partial charge on any atom is 0.164 e. The largest absolute Gasteiger partial charge is 0.363 e. The molecule has 0 spiro atoms. The smallest absolute Gasteiger partial charge is 0.164 e. The van der Waals surface area contributed by atoms with Crippen LogP contribution >= 0.6 is 23.2 Å². The highest BCUT2D eigenvalue weighted by Gasteiger charge is 2.36. The molecule has 0 aliphatic carbocycles. The highest BCUT2D eigenvalue weighted by molar-refractivity contribution is 6.35. The quantitative estimate of drug-likeness (QED) is 0.480. The first kappa shape index (κ1) is 20.7. The van der Waals surface area contributed by atoms with Gasteiger partial charge in [0.15, 0.2) is 6.23 Å². The van der Waals surface area contributed by atoms with E-state index in [4.69, 9.17) is 32.7 Å². The van der Waals surface area contributed by atoms with E-state index < -0.39 is 12.3 Å². The lowest BCUT2D eigenvalue weighted by Gasteiger charge is -2.34. The summed E-state index contributed by atoms with van der Waals surface area (Å²) in [6, 6.07) is 22.8. The first-order valence-corrected chi connectivity index (χ1v) is 10.2. The van der Waals surface area contributed by atoms with Gasteiger partial charge in [0.2, 0.25) is 0 Å². The molecule has 0 radical (unpaired) electrons. The third kappa shape index (κ3) is 4.59. The highest BCUT2D eigenvalue weighted by Crippen LogP contribution is 2.44. The van der Waals surface area contributed by atoms with Crippen LogP contribution in [0.2, 0.25) is 10.0 Å². The van der Waals surface area contributed by atoms with E-state index in [0.717, 1.165) is 11.1 Å². The maximum atomic E-state index is 12.0. The second-order valence-electron chi connectivity index (χ2n) is 6.90. The number of fused-ring (bicyclic) bond motifs is 1. The number of hydrogen-bond donors (Lipinski definition) is 1. The van der Waals surface area contributed by atoms with Gasteiger partial charge in [-0.25, -0.2) is 4.79 Å². The van der Waals surface area contributed by atoms with E-state index in [9.17, 15) is 4.79 Å². The number of halogens is 2. The predicted molar refractivity (Wildman–Crippen MR) is 118 cm³/mol. The van der Waals surface area contributed by atoms with Crippen molar-refractivity contribution in [3.63, 3.8) is 0 Å². The van der Waals surface area contributed by atoms with Crippen molar-refractivity contribution in [2.75, 3.05) is 5.32 Å². The molecule has 2 atom stereocenters. The molecule has 1 heterocycles. The van der Waals surface area contributed by atoms with Crippen molar-refractivity contribution in [2.45, 2.75) is 25.5 Å². The van der Waals surface area contributed by atoms with Crippen LogP contribution < -0.4 is 5.32 Å². The molecule has 6 heteroatoms. The Kier molecular flexibility index (Phi) is 6.53. The van der Waals surface area contributed by atoms with E-state index in [-0.39, 0.29) is 0 Å². The van der Waals surface area contributed by atoms with Gasteiger partial charge in [0.25, 0.3) is 0 Å². The second kappa shape index (κ2) is 9.48. The zero-order valence-electron chi connectivity index (χ0n) is 16.0. The standard InChI is InChI=1S/C24H19Cl2NO3/c25-18-11-20(26)22-21(12-18)27-24(30-15-17-9-5-2-6-10-17)19(13-28)23(22)29-14-16-7-3-1-4-8-16/h1-12,23-24,27H,14-15H2/t23-,24-/m0/s1. The monoisotopic (exact) mass is 439 g/mol. The lowest BCUT2D eigenvalue weighted by molar-refractivity contribution is 0.0199. The van der Waals surface area contributed by atoms with Crippen molar-refractivity contribution in [3.05, 3.63) is 105 Å². The predicted octanol–water partition coefficient (Wildman–Crippen LogP) is 5.98. The first-order valence-electron chi connectivity index (χ1n) is 9.47. The van der Waals surface area contributed by atoms with E-state index in [0.29, 0.717) is 40.1 Å². The van der Waals surface area contributed by atoms with Crippen molar-refractivity contribution < 1.29 is 14.3 Å². The van der Waals surface area contributed by atoms with E-state index in [1.54, 1.807) is 12.1 Å². The molecule has 3 aromatic rings. The van der Waals surface area contributed by atoms with Gasteiger partial charge in [-0.1, -0.05) is 83.9 Å². The average Bonchev–Trinajstić information content (AvgIpc) is 2.76. The third-order valence-corrected chi connectivity index (χ3v) is 5.38. The van der Waals surface area contributed by atoms with Gasteiger partial charge in [0.05, 0.1) is 23.8 Å². The maximum absolute atomic E-state index is 12.0. The summed E-state index contributed by atoms with van der Waals surface area (Å²) in [5, 5.41) is 4.10. The number of anilines is 1. The Morgan fingerprint density at radius 3 is 2.07 bits per heavy atom. The van der Waals surface area contributed by atoms with Gasteiger partial charge in [0.1, 0.15) is 12.0 Å². The van der Waals surface area contributed by atoms with E-state index in [1.165, 1.54) is 0 Å². The summed E-state index contributed by atoms with van der Waals surface area (Å²) in [5.41, 5.74) is 3.59. The van der Waals surface area contributed by atoms with Gasteiger partial charge in [-0.15, -0.1) is 0 Å². The second-order valence-corrected chi connectivity index (χ2v) is 7.75. The van der Waals surface area contributed by atoms with Gasteiger partial charge in [-0.05, 0) is 23.3 Å². The van der Waals surface area contributed by atoms with Gasteiger partial charge in [-0.2, -0.15) is 0 Å². The fourth-order valence-corrected chi connectivity index (χ4v) is 3.99. The van der Waals surface area contributed by atoms with Crippen molar-refractivity contribution in [2.24, 2.45) is 0 Å². The molecule has 0 saturated carbocycles. The van der Waals surface area contributed by atoms with Crippen LogP contribution in [0.25, 0.3) is 0 Å². The molecule has 0 amide bonds. The summed E-state index contributed by atoms with van der Waals surface area (Å²) in [6.45, 7) is 0.624. The molecule has 0 fully saturated rings. The minimum atomic E-state index is -0.717.